The predicted octanol–water partition coefficient (Wildman–Crippen LogP) is 3.35. The van der Waals surface area contributed by atoms with Crippen molar-refractivity contribution in [3.8, 4) is 0 Å². The highest BCUT2D eigenvalue weighted by atomic mass is 79.9. The Balaban J connectivity index is 1.67. The van der Waals surface area contributed by atoms with E-state index in [1.54, 1.807) is 12.4 Å². The molecule has 1 amide bonds. The van der Waals surface area contributed by atoms with Crippen LogP contribution in [0.25, 0.3) is 11.0 Å². The molecule has 0 bridgehead atoms. The van der Waals surface area contributed by atoms with Crippen molar-refractivity contribution in [2.75, 3.05) is 6.54 Å². The highest BCUT2D eigenvalue weighted by Crippen LogP contribution is 2.23. The number of halogens is 2. The number of carbonyl (C=O) groups is 1. The molecule has 5 nitrogen and oxygen atoms in total. The first-order chi connectivity index (χ1) is 10.7. The summed E-state index contributed by atoms with van der Waals surface area (Å²) < 4.78 is 0.578. The minimum atomic E-state index is -0.225. The molecule has 3 heterocycles. The van der Waals surface area contributed by atoms with Crippen LogP contribution in [-0.2, 0) is 6.42 Å². The summed E-state index contributed by atoms with van der Waals surface area (Å²) in [6, 6.07) is 3.90. The van der Waals surface area contributed by atoms with Crippen molar-refractivity contribution in [1.82, 2.24) is 20.3 Å². The van der Waals surface area contributed by atoms with Gasteiger partial charge in [0.15, 0.2) is 0 Å². The summed E-state index contributed by atoms with van der Waals surface area (Å²) in [7, 11) is 0. The lowest BCUT2D eigenvalue weighted by Gasteiger charge is -2.07. The normalized spacial score (nSPS) is 10.8. The Morgan fingerprint density at radius 2 is 2.27 bits per heavy atom. The molecule has 0 saturated heterocycles. The van der Waals surface area contributed by atoms with Crippen LogP contribution in [0.3, 0.4) is 0 Å². The molecule has 0 radical (unpaired) electrons. The minimum absolute atomic E-state index is 0.225. The highest BCUT2D eigenvalue weighted by molar-refractivity contribution is 9.10. The molecular weight excluding hydrogens is 368 g/mol. The van der Waals surface area contributed by atoms with Crippen molar-refractivity contribution in [1.29, 1.82) is 0 Å². The lowest BCUT2D eigenvalue weighted by Crippen LogP contribution is -2.26. The van der Waals surface area contributed by atoms with E-state index in [9.17, 15) is 4.79 Å². The van der Waals surface area contributed by atoms with E-state index in [4.69, 9.17) is 11.6 Å². The van der Waals surface area contributed by atoms with Crippen molar-refractivity contribution in [3.63, 3.8) is 0 Å². The largest absolute Gasteiger partial charge is 0.352 e. The van der Waals surface area contributed by atoms with Crippen LogP contribution in [0.1, 0.15) is 15.9 Å². The lowest BCUT2D eigenvalue weighted by molar-refractivity contribution is 0.0953. The quantitative estimate of drug-likeness (QED) is 0.730. The summed E-state index contributed by atoms with van der Waals surface area (Å²) in [6.07, 6.45) is 7.36. The molecule has 0 unspecified atom stereocenters. The number of aromatic nitrogens is 3. The first kappa shape index (κ1) is 15.0. The average molecular weight is 380 g/mol. The molecule has 0 saturated carbocycles. The van der Waals surface area contributed by atoms with E-state index in [0.717, 1.165) is 16.6 Å². The molecule has 7 heteroatoms. The van der Waals surface area contributed by atoms with Crippen molar-refractivity contribution in [2.45, 2.75) is 6.42 Å². The molecule has 0 fully saturated rings. The van der Waals surface area contributed by atoms with Gasteiger partial charge < -0.3 is 10.3 Å². The van der Waals surface area contributed by atoms with Gasteiger partial charge >= 0.3 is 0 Å². The smallest absolute Gasteiger partial charge is 0.254 e. The van der Waals surface area contributed by atoms with Crippen LogP contribution in [0.5, 0.6) is 0 Å². The Hall–Kier alpha value is -1.92. The number of nitrogens with one attached hydrogen (secondary N) is 2. The Bertz CT molecular complexity index is 813. The number of H-pyrrole nitrogens is 1. The van der Waals surface area contributed by atoms with Crippen LogP contribution in [0.2, 0.25) is 5.02 Å². The van der Waals surface area contributed by atoms with Crippen LogP contribution >= 0.6 is 27.5 Å². The lowest BCUT2D eigenvalue weighted by atomic mass is 10.1. The summed E-state index contributed by atoms with van der Waals surface area (Å²) in [5.74, 6) is -0.225. The fourth-order valence-corrected chi connectivity index (χ4v) is 3.12. The highest BCUT2D eigenvalue weighted by Gasteiger charge is 2.14. The number of amides is 1. The average Bonchev–Trinajstić information content (AvgIpc) is 2.91. The second-order valence-electron chi connectivity index (χ2n) is 4.70. The van der Waals surface area contributed by atoms with Gasteiger partial charge in [0.05, 0.1) is 15.1 Å². The number of aromatic amines is 1. The molecule has 3 rings (SSSR count). The van der Waals surface area contributed by atoms with Crippen molar-refractivity contribution in [3.05, 3.63) is 57.5 Å². The van der Waals surface area contributed by atoms with Gasteiger partial charge in [0, 0.05) is 36.7 Å². The third-order valence-corrected chi connectivity index (χ3v) is 4.18. The molecule has 3 aromatic rings. The van der Waals surface area contributed by atoms with E-state index in [2.05, 4.69) is 36.2 Å². The van der Waals surface area contributed by atoms with Crippen molar-refractivity contribution in [2.24, 2.45) is 0 Å². The Kier molecular flexibility index (Phi) is 4.40. The second kappa shape index (κ2) is 6.46. The van der Waals surface area contributed by atoms with E-state index in [1.807, 2.05) is 18.3 Å². The fourth-order valence-electron chi connectivity index (χ4n) is 2.25. The standard InChI is InChI=1S/C15H12BrClN4O/c16-11-7-18-8-12(17)13(11)15(22)20-5-3-9-6-21-14-10(9)2-1-4-19-14/h1-2,4,6-8H,3,5H2,(H,19,21)(H,20,22). The predicted molar refractivity (Wildman–Crippen MR) is 89.1 cm³/mol. The van der Waals surface area contributed by atoms with Gasteiger partial charge in [-0.1, -0.05) is 11.6 Å². The molecule has 0 aromatic carbocycles. The molecule has 3 aromatic heterocycles. The number of pyridine rings is 2. The molecule has 112 valence electrons. The monoisotopic (exact) mass is 378 g/mol. The van der Waals surface area contributed by atoms with E-state index >= 15 is 0 Å². The third-order valence-electron chi connectivity index (χ3n) is 3.30. The van der Waals surface area contributed by atoms with E-state index in [-0.39, 0.29) is 5.91 Å². The first-order valence-corrected chi connectivity index (χ1v) is 7.82. The SMILES string of the molecule is O=C(NCCc1c[nH]c2ncccc12)c1c(Cl)cncc1Br. The van der Waals surface area contributed by atoms with Crippen LogP contribution in [-0.4, -0.2) is 27.4 Å². The zero-order chi connectivity index (χ0) is 15.5. The number of hydrogen-bond acceptors (Lipinski definition) is 3. The first-order valence-electron chi connectivity index (χ1n) is 6.65. The Labute approximate surface area is 140 Å². The van der Waals surface area contributed by atoms with Gasteiger partial charge in [0.25, 0.3) is 5.91 Å². The summed E-state index contributed by atoms with van der Waals surface area (Å²) in [6.45, 7) is 0.506. The Morgan fingerprint density at radius 1 is 1.41 bits per heavy atom. The number of carbonyl (C=O) groups excluding carboxylic acids is 1. The summed E-state index contributed by atoms with van der Waals surface area (Å²) >= 11 is 9.30. The molecule has 0 atom stereocenters. The molecule has 0 spiro atoms. The van der Waals surface area contributed by atoms with Gasteiger partial charge in [-0.2, -0.15) is 0 Å². The third kappa shape index (κ3) is 2.98. The maximum Gasteiger partial charge on any atom is 0.254 e. The zero-order valence-corrected chi connectivity index (χ0v) is 13.8. The van der Waals surface area contributed by atoms with Gasteiger partial charge in [0.1, 0.15) is 5.65 Å². The van der Waals surface area contributed by atoms with Gasteiger partial charge in [-0.05, 0) is 40.0 Å². The van der Waals surface area contributed by atoms with Gasteiger partial charge in [-0.15, -0.1) is 0 Å². The molecule has 0 aliphatic carbocycles. The molecule has 2 N–H and O–H groups in total. The Morgan fingerprint density at radius 3 is 3.09 bits per heavy atom. The molecular formula is C15H12BrClN4O. The number of nitrogens with zero attached hydrogens (tertiary/aromatic N) is 2. The fraction of sp³-hybridized carbons (Fsp3) is 0.133. The molecule has 0 aliphatic rings. The van der Waals surface area contributed by atoms with E-state index in [0.29, 0.717) is 28.0 Å². The van der Waals surface area contributed by atoms with Gasteiger partial charge in [-0.3, -0.25) is 9.78 Å². The number of hydrogen-bond donors (Lipinski definition) is 2. The van der Waals surface area contributed by atoms with E-state index < -0.39 is 0 Å². The zero-order valence-electron chi connectivity index (χ0n) is 11.4. The van der Waals surface area contributed by atoms with Crippen LogP contribution < -0.4 is 5.32 Å². The van der Waals surface area contributed by atoms with Crippen molar-refractivity contribution < 1.29 is 4.79 Å². The van der Waals surface area contributed by atoms with Crippen LogP contribution in [0.15, 0.2) is 41.4 Å². The molecule has 22 heavy (non-hydrogen) atoms. The van der Waals surface area contributed by atoms with Crippen LogP contribution in [0, 0.1) is 0 Å². The summed E-state index contributed by atoms with van der Waals surface area (Å²) in [4.78, 5) is 23.5. The topological polar surface area (TPSA) is 70.7 Å². The summed E-state index contributed by atoms with van der Waals surface area (Å²) in [5, 5.41) is 4.26. The van der Waals surface area contributed by atoms with Gasteiger partial charge in [0.2, 0.25) is 0 Å². The second-order valence-corrected chi connectivity index (χ2v) is 5.96. The van der Waals surface area contributed by atoms with Crippen LogP contribution in [0.4, 0.5) is 0 Å². The maximum atomic E-state index is 12.2. The number of fused-ring (bicyclic) bond motifs is 1. The van der Waals surface area contributed by atoms with Gasteiger partial charge in [-0.25, -0.2) is 4.98 Å². The summed E-state index contributed by atoms with van der Waals surface area (Å²) in [5.41, 5.74) is 2.37. The maximum absolute atomic E-state index is 12.2. The number of rotatable bonds is 4. The molecule has 0 aliphatic heterocycles. The van der Waals surface area contributed by atoms with E-state index in [1.165, 1.54) is 6.20 Å². The van der Waals surface area contributed by atoms with Crippen molar-refractivity contribution >= 4 is 44.5 Å². The minimum Gasteiger partial charge on any atom is -0.352 e.